The van der Waals surface area contributed by atoms with Gasteiger partial charge in [0.2, 0.25) is 0 Å². The molecule has 0 aliphatic rings. The van der Waals surface area contributed by atoms with Gasteiger partial charge in [0.05, 0.1) is 16.3 Å². The van der Waals surface area contributed by atoms with Crippen LogP contribution in [0.3, 0.4) is 0 Å². The summed E-state index contributed by atoms with van der Waals surface area (Å²) in [6.45, 7) is -0.234. The normalized spacial score (nSPS) is 10.7. The lowest BCUT2D eigenvalue weighted by molar-refractivity contribution is -0.118. The van der Waals surface area contributed by atoms with Crippen molar-refractivity contribution in [1.29, 1.82) is 0 Å². The van der Waals surface area contributed by atoms with E-state index in [1.165, 1.54) is 6.21 Å². The maximum absolute atomic E-state index is 12.2. The first-order chi connectivity index (χ1) is 14.9. The number of ether oxygens (including phenoxy) is 1. The zero-order valence-corrected chi connectivity index (χ0v) is 18.2. The van der Waals surface area contributed by atoms with Gasteiger partial charge in [-0.25, -0.2) is 5.43 Å². The molecule has 2 N–H and O–H groups in total. The van der Waals surface area contributed by atoms with E-state index < -0.39 is 0 Å². The van der Waals surface area contributed by atoms with Crippen molar-refractivity contribution in [1.82, 2.24) is 5.43 Å². The fourth-order valence-corrected chi connectivity index (χ4v) is 2.88. The SMILES string of the molecule is O=C(COc1ccccc1/C=N/NC(=O)c1ccc(Cl)cc1)Nc1ccc(Cl)c(Cl)c1. The Labute approximate surface area is 193 Å². The Morgan fingerprint density at radius 3 is 2.42 bits per heavy atom. The van der Waals surface area contributed by atoms with Crippen molar-refractivity contribution >= 4 is 58.5 Å². The van der Waals surface area contributed by atoms with Crippen molar-refractivity contribution in [3.63, 3.8) is 0 Å². The molecule has 0 radical (unpaired) electrons. The fourth-order valence-electron chi connectivity index (χ4n) is 2.46. The molecule has 0 aromatic heterocycles. The topological polar surface area (TPSA) is 79.8 Å². The van der Waals surface area contributed by atoms with Crippen LogP contribution in [0.2, 0.25) is 15.1 Å². The molecule has 0 unspecified atom stereocenters. The molecule has 0 saturated heterocycles. The Morgan fingerprint density at radius 2 is 1.68 bits per heavy atom. The minimum atomic E-state index is -0.382. The third kappa shape index (κ3) is 6.72. The molecule has 158 valence electrons. The summed E-state index contributed by atoms with van der Waals surface area (Å²) in [5.41, 5.74) is 3.94. The van der Waals surface area contributed by atoms with Gasteiger partial charge in [-0.2, -0.15) is 5.10 Å². The minimum absolute atomic E-state index is 0.234. The zero-order chi connectivity index (χ0) is 22.2. The zero-order valence-electron chi connectivity index (χ0n) is 15.9. The summed E-state index contributed by atoms with van der Waals surface area (Å²) in [7, 11) is 0. The first-order valence-corrected chi connectivity index (χ1v) is 10.1. The Balaban J connectivity index is 1.57. The molecule has 3 aromatic rings. The molecule has 3 aromatic carbocycles. The number of hydrogen-bond donors (Lipinski definition) is 2. The molecule has 2 amide bonds. The minimum Gasteiger partial charge on any atom is -0.483 e. The van der Waals surface area contributed by atoms with Crippen LogP contribution in [0.15, 0.2) is 71.8 Å². The van der Waals surface area contributed by atoms with Gasteiger partial charge in [0.15, 0.2) is 6.61 Å². The van der Waals surface area contributed by atoms with Crippen LogP contribution in [-0.2, 0) is 4.79 Å². The molecule has 9 heteroatoms. The average molecular weight is 477 g/mol. The molecule has 0 bridgehead atoms. The van der Waals surface area contributed by atoms with E-state index >= 15 is 0 Å². The number of halogens is 3. The van der Waals surface area contributed by atoms with Gasteiger partial charge < -0.3 is 10.1 Å². The summed E-state index contributed by atoms with van der Waals surface area (Å²) < 4.78 is 5.59. The Bertz CT molecular complexity index is 1120. The second-order valence-corrected chi connectivity index (χ2v) is 7.46. The first kappa shape index (κ1) is 22.6. The van der Waals surface area contributed by atoms with E-state index in [0.717, 1.165) is 0 Å². The molecular formula is C22H16Cl3N3O3. The van der Waals surface area contributed by atoms with Crippen molar-refractivity contribution in [3.05, 3.63) is 92.9 Å². The number of para-hydroxylation sites is 1. The Kier molecular flexibility index (Phi) is 7.89. The monoisotopic (exact) mass is 475 g/mol. The quantitative estimate of drug-likeness (QED) is 0.352. The molecule has 0 aliphatic heterocycles. The number of hydrazone groups is 1. The highest BCUT2D eigenvalue weighted by molar-refractivity contribution is 6.42. The molecule has 6 nitrogen and oxygen atoms in total. The smallest absolute Gasteiger partial charge is 0.271 e. The number of carbonyl (C=O) groups is 2. The van der Waals surface area contributed by atoms with Gasteiger partial charge in [-0.15, -0.1) is 0 Å². The number of rotatable bonds is 7. The number of anilines is 1. The Hall–Kier alpha value is -3.06. The maximum atomic E-state index is 12.2. The lowest BCUT2D eigenvalue weighted by Gasteiger charge is -2.10. The van der Waals surface area contributed by atoms with Gasteiger partial charge in [-0.1, -0.05) is 46.9 Å². The second-order valence-electron chi connectivity index (χ2n) is 6.21. The van der Waals surface area contributed by atoms with Crippen LogP contribution in [0.25, 0.3) is 0 Å². The van der Waals surface area contributed by atoms with Gasteiger partial charge in [0, 0.05) is 21.8 Å². The van der Waals surface area contributed by atoms with Crippen molar-refractivity contribution in [2.75, 3.05) is 11.9 Å². The van der Waals surface area contributed by atoms with Crippen LogP contribution in [0.5, 0.6) is 5.75 Å². The van der Waals surface area contributed by atoms with Gasteiger partial charge >= 0.3 is 0 Å². The number of benzene rings is 3. The molecule has 3 rings (SSSR count). The van der Waals surface area contributed by atoms with Crippen LogP contribution in [0.4, 0.5) is 5.69 Å². The summed E-state index contributed by atoms with van der Waals surface area (Å²) in [5, 5.41) is 7.89. The van der Waals surface area contributed by atoms with Gasteiger partial charge in [-0.05, 0) is 54.6 Å². The standard InChI is InChI=1S/C22H16Cl3N3O3/c23-16-7-5-14(6-8-16)22(30)28-26-12-15-3-1-2-4-20(15)31-13-21(29)27-17-9-10-18(24)19(25)11-17/h1-12H,13H2,(H,27,29)(H,28,30)/b26-12+. The summed E-state index contributed by atoms with van der Waals surface area (Å²) in [5.74, 6) is -0.329. The van der Waals surface area contributed by atoms with E-state index in [2.05, 4.69) is 15.8 Å². The molecule has 0 spiro atoms. The van der Waals surface area contributed by atoms with Crippen molar-refractivity contribution in [3.8, 4) is 5.75 Å². The average Bonchev–Trinajstić information content (AvgIpc) is 2.76. The summed E-state index contributed by atoms with van der Waals surface area (Å²) in [6, 6.07) is 18.2. The number of nitrogens with one attached hydrogen (secondary N) is 2. The van der Waals surface area contributed by atoms with Crippen LogP contribution < -0.4 is 15.5 Å². The second kappa shape index (κ2) is 10.8. The fraction of sp³-hybridized carbons (Fsp3) is 0.0455. The van der Waals surface area contributed by atoms with E-state index in [9.17, 15) is 9.59 Å². The Morgan fingerprint density at radius 1 is 0.935 bits per heavy atom. The third-order valence-electron chi connectivity index (χ3n) is 3.96. The highest BCUT2D eigenvalue weighted by Crippen LogP contribution is 2.25. The largest absolute Gasteiger partial charge is 0.483 e. The molecule has 0 aliphatic carbocycles. The van der Waals surface area contributed by atoms with E-state index in [4.69, 9.17) is 39.5 Å². The maximum Gasteiger partial charge on any atom is 0.271 e. The summed E-state index contributed by atoms with van der Waals surface area (Å²) in [4.78, 5) is 24.3. The van der Waals surface area contributed by atoms with Gasteiger partial charge in [0.1, 0.15) is 5.75 Å². The highest BCUT2D eigenvalue weighted by atomic mass is 35.5. The van der Waals surface area contributed by atoms with Crippen LogP contribution in [0.1, 0.15) is 15.9 Å². The number of amides is 2. The van der Waals surface area contributed by atoms with Crippen molar-refractivity contribution in [2.45, 2.75) is 0 Å². The molecule has 0 saturated carbocycles. The number of nitrogens with zero attached hydrogens (tertiary/aromatic N) is 1. The van der Waals surface area contributed by atoms with E-state index in [0.29, 0.717) is 37.6 Å². The van der Waals surface area contributed by atoms with Crippen LogP contribution in [-0.4, -0.2) is 24.6 Å². The van der Waals surface area contributed by atoms with Gasteiger partial charge in [0.25, 0.3) is 11.8 Å². The van der Waals surface area contributed by atoms with E-state index in [-0.39, 0.29) is 18.4 Å². The highest BCUT2D eigenvalue weighted by Gasteiger charge is 2.08. The van der Waals surface area contributed by atoms with Crippen LogP contribution >= 0.6 is 34.8 Å². The summed E-state index contributed by atoms with van der Waals surface area (Å²) >= 11 is 17.6. The third-order valence-corrected chi connectivity index (χ3v) is 4.95. The molecule has 0 fully saturated rings. The lowest BCUT2D eigenvalue weighted by Crippen LogP contribution is -2.20. The molecular weight excluding hydrogens is 461 g/mol. The van der Waals surface area contributed by atoms with Gasteiger partial charge in [-0.3, -0.25) is 9.59 Å². The summed E-state index contributed by atoms with van der Waals surface area (Å²) in [6.07, 6.45) is 1.43. The van der Waals surface area contributed by atoms with Crippen molar-refractivity contribution in [2.24, 2.45) is 5.10 Å². The lowest BCUT2D eigenvalue weighted by atomic mass is 10.2. The van der Waals surface area contributed by atoms with E-state index in [1.807, 2.05) is 0 Å². The van der Waals surface area contributed by atoms with E-state index in [1.54, 1.807) is 66.7 Å². The van der Waals surface area contributed by atoms with Crippen LogP contribution in [0, 0.1) is 0 Å². The predicted molar refractivity (Wildman–Crippen MR) is 124 cm³/mol. The molecule has 31 heavy (non-hydrogen) atoms. The number of carbonyl (C=O) groups excluding carboxylic acids is 2. The predicted octanol–water partition coefficient (Wildman–Crippen LogP) is 5.43. The molecule has 0 atom stereocenters. The van der Waals surface area contributed by atoms with Crippen molar-refractivity contribution < 1.29 is 14.3 Å². The first-order valence-electron chi connectivity index (χ1n) is 8.98. The number of hydrogen-bond acceptors (Lipinski definition) is 4. The molecule has 0 heterocycles.